The van der Waals surface area contributed by atoms with Crippen molar-refractivity contribution in [3.05, 3.63) is 16.1 Å². The number of ether oxygens (including phenoxy) is 1. The van der Waals surface area contributed by atoms with E-state index >= 15 is 0 Å². The summed E-state index contributed by atoms with van der Waals surface area (Å²) in [6, 6.07) is 0. The molecule has 78 valence electrons. The second-order valence-electron chi connectivity index (χ2n) is 3.49. The summed E-state index contributed by atoms with van der Waals surface area (Å²) in [7, 11) is 0. The number of nitrogens with one attached hydrogen (secondary N) is 1. The molecule has 2 heterocycles. The number of nitrogens with zero attached hydrogens (tertiary/aromatic N) is 1. The first-order chi connectivity index (χ1) is 6.88. The second kappa shape index (κ2) is 4.87. The van der Waals surface area contributed by atoms with Crippen LogP contribution in [-0.2, 0) is 17.6 Å². The molecule has 0 spiro atoms. The molecule has 0 amide bonds. The van der Waals surface area contributed by atoms with Crippen molar-refractivity contribution >= 4 is 11.3 Å². The number of hydrogen-bond donors (Lipinski definition) is 1. The fourth-order valence-electron chi connectivity index (χ4n) is 1.55. The quantitative estimate of drug-likeness (QED) is 0.818. The zero-order valence-corrected chi connectivity index (χ0v) is 9.27. The molecule has 1 atom stereocenters. The average Bonchev–Trinajstić information content (AvgIpc) is 2.67. The minimum absolute atomic E-state index is 0.319. The van der Waals surface area contributed by atoms with E-state index in [1.54, 1.807) is 11.3 Å². The highest BCUT2D eigenvalue weighted by Gasteiger charge is 2.15. The summed E-state index contributed by atoms with van der Waals surface area (Å²) in [4.78, 5) is 4.53. The number of thiazole rings is 1. The summed E-state index contributed by atoms with van der Waals surface area (Å²) in [5, 5.41) is 6.68. The van der Waals surface area contributed by atoms with E-state index in [4.69, 9.17) is 4.74 Å². The molecule has 1 aromatic rings. The number of hydrogen-bond acceptors (Lipinski definition) is 4. The lowest BCUT2D eigenvalue weighted by molar-refractivity contribution is 0.0292. The molecule has 1 unspecified atom stereocenters. The van der Waals surface area contributed by atoms with Crippen LogP contribution in [0.3, 0.4) is 0 Å². The first kappa shape index (κ1) is 10.1. The van der Waals surface area contributed by atoms with E-state index in [0.717, 1.165) is 32.5 Å². The lowest BCUT2D eigenvalue weighted by Gasteiger charge is -2.22. The topological polar surface area (TPSA) is 34.1 Å². The highest BCUT2D eigenvalue weighted by Crippen LogP contribution is 2.14. The Kier molecular flexibility index (Phi) is 3.50. The zero-order valence-electron chi connectivity index (χ0n) is 8.45. The molecule has 2 rings (SSSR count). The van der Waals surface area contributed by atoms with Crippen LogP contribution in [0.5, 0.6) is 0 Å². The molecule has 1 aliphatic heterocycles. The first-order valence-corrected chi connectivity index (χ1v) is 6.02. The third-order valence-electron chi connectivity index (χ3n) is 2.37. The van der Waals surface area contributed by atoms with Gasteiger partial charge in [0.15, 0.2) is 0 Å². The summed E-state index contributed by atoms with van der Waals surface area (Å²) in [6.45, 7) is 4.91. The third-order valence-corrected chi connectivity index (χ3v) is 3.29. The average molecular weight is 212 g/mol. The Bertz CT molecular complexity index is 281. The van der Waals surface area contributed by atoms with Crippen LogP contribution in [0.25, 0.3) is 0 Å². The van der Waals surface area contributed by atoms with Gasteiger partial charge in [0.1, 0.15) is 0 Å². The number of aryl methyl sites for hydroxylation is 1. The lowest BCUT2D eigenvalue weighted by atomic mass is 10.2. The Labute approximate surface area is 88.5 Å². The second-order valence-corrected chi connectivity index (χ2v) is 4.43. The molecule has 0 aliphatic carbocycles. The van der Waals surface area contributed by atoms with Crippen LogP contribution in [-0.4, -0.2) is 30.8 Å². The maximum atomic E-state index is 5.63. The van der Waals surface area contributed by atoms with Crippen molar-refractivity contribution in [3.8, 4) is 0 Å². The van der Waals surface area contributed by atoms with Gasteiger partial charge in [-0.05, 0) is 6.42 Å². The standard InChI is InChI=1S/C10H16N2OS/c1-2-8-7-14-10(12-8)5-9-6-11-3-4-13-9/h7,9,11H,2-6H2,1H3. The van der Waals surface area contributed by atoms with Gasteiger partial charge in [-0.15, -0.1) is 11.3 Å². The summed E-state index contributed by atoms with van der Waals surface area (Å²) in [5.41, 5.74) is 1.20. The maximum absolute atomic E-state index is 5.63. The first-order valence-electron chi connectivity index (χ1n) is 5.14. The Hall–Kier alpha value is -0.450. The fraction of sp³-hybridized carbons (Fsp3) is 0.700. The van der Waals surface area contributed by atoms with Gasteiger partial charge in [-0.3, -0.25) is 0 Å². The van der Waals surface area contributed by atoms with Crippen molar-refractivity contribution in [1.29, 1.82) is 0 Å². The molecule has 1 saturated heterocycles. The van der Waals surface area contributed by atoms with Crippen LogP contribution in [0.1, 0.15) is 17.6 Å². The van der Waals surface area contributed by atoms with Gasteiger partial charge >= 0.3 is 0 Å². The molecule has 3 nitrogen and oxygen atoms in total. The van der Waals surface area contributed by atoms with Crippen LogP contribution in [0.15, 0.2) is 5.38 Å². The van der Waals surface area contributed by atoms with Crippen molar-refractivity contribution in [2.45, 2.75) is 25.9 Å². The molecule has 1 aromatic heterocycles. The van der Waals surface area contributed by atoms with E-state index in [0.29, 0.717) is 6.10 Å². The van der Waals surface area contributed by atoms with Gasteiger partial charge in [-0.2, -0.15) is 0 Å². The largest absolute Gasteiger partial charge is 0.375 e. The Balaban J connectivity index is 1.89. The van der Waals surface area contributed by atoms with E-state index in [1.165, 1.54) is 10.7 Å². The molecular weight excluding hydrogens is 196 g/mol. The van der Waals surface area contributed by atoms with Crippen molar-refractivity contribution in [3.63, 3.8) is 0 Å². The van der Waals surface area contributed by atoms with Crippen molar-refractivity contribution in [2.24, 2.45) is 0 Å². The third kappa shape index (κ3) is 2.53. The Morgan fingerprint density at radius 3 is 3.29 bits per heavy atom. The van der Waals surface area contributed by atoms with Crippen LogP contribution in [0.4, 0.5) is 0 Å². The van der Waals surface area contributed by atoms with Crippen LogP contribution in [0, 0.1) is 0 Å². The van der Waals surface area contributed by atoms with Gasteiger partial charge in [0, 0.05) is 24.9 Å². The van der Waals surface area contributed by atoms with Gasteiger partial charge in [-0.1, -0.05) is 6.92 Å². The maximum Gasteiger partial charge on any atom is 0.0954 e. The number of aromatic nitrogens is 1. The molecule has 1 N–H and O–H groups in total. The lowest BCUT2D eigenvalue weighted by Crippen LogP contribution is -2.39. The summed E-state index contributed by atoms with van der Waals surface area (Å²) in [6.07, 6.45) is 2.30. The van der Waals surface area contributed by atoms with E-state index in [-0.39, 0.29) is 0 Å². The van der Waals surface area contributed by atoms with Crippen molar-refractivity contribution < 1.29 is 4.74 Å². The minimum atomic E-state index is 0.319. The van der Waals surface area contributed by atoms with Crippen molar-refractivity contribution in [2.75, 3.05) is 19.7 Å². The molecule has 0 aromatic carbocycles. The molecule has 1 aliphatic rings. The Morgan fingerprint density at radius 2 is 2.64 bits per heavy atom. The van der Waals surface area contributed by atoms with Gasteiger partial charge in [0.05, 0.1) is 23.4 Å². The summed E-state index contributed by atoms with van der Waals surface area (Å²) in [5.74, 6) is 0. The molecular formula is C10H16N2OS. The highest BCUT2D eigenvalue weighted by molar-refractivity contribution is 7.09. The predicted octanol–water partition coefficient (Wildman–Crippen LogP) is 1.24. The van der Waals surface area contributed by atoms with E-state index in [1.807, 2.05) is 0 Å². The normalized spacial score (nSPS) is 22.5. The molecule has 0 radical (unpaired) electrons. The fourth-order valence-corrected chi connectivity index (χ4v) is 2.49. The van der Waals surface area contributed by atoms with E-state index < -0.39 is 0 Å². The van der Waals surface area contributed by atoms with Crippen LogP contribution >= 0.6 is 11.3 Å². The summed E-state index contributed by atoms with van der Waals surface area (Å²) >= 11 is 1.75. The molecule has 4 heteroatoms. The number of rotatable bonds is 3. The van der Waals surface area contributed by atoms with Crippen LogP contribution < -0.4 is 5.32 Å². The van der Waals surface area contributed by atoms with Gasteiger partial charge in [0.2, 0.25) is 0 Å². The zero-order chi connectivity index (χ0) is 9.80. The van der Waals surface area contributed by atoms with Gasteiger partial charge in [-0.25, -0.2) is 4.98 Å². The SMILES string of the molecule is CCc1csc(CC2CNCCO2)n1. The van der Waals surface area contributed by atoms with E-state index in [2.05, 4.69) is 22.6 Å². The van der Waals surface area contributed by atoms with E-state index in [9.17, 15) is 0 Å². The predicted molar refractivity (Wildman–Crippen MR) is 57.8 cm³/mol. The minimum Gasteiger partial charge on any atom is -0.375 e. The molecule has 0 bridgehead atoms. The molecule has 0 saturated carbocycles. The molecule has 14 heavy (non-hydrogen) atoms. The van der Waals surface area contributed by atoms with Gasteiger partial charge < -0.3 is 10.1 Å². The smallest absolute Gasteiger partial charge is 0.0954 e. The number of morpholine rings is 1. The highest BCUT2D eigenvalue weighted by atomic mass is 32.1. The summed E-state index contributed by atoms with van der Waals surface area (Å²) < 4.78 is 5.63. The Morgan fingerprint density at radius 1 is 1.71 bits per heavy atom. The monoisotopic (exact) mass is 212 g/mol. The van der Waals surface area contributed by atoms with Crippen LogP contribution in [0.2, 0.25) is 0 Å². The van der Waals surface area contributed by atoms with Gasteiger partial charge in [0.25, 0.3) is 0 Å². The van der Waals surface area contributed by atoms with Crippen molar-refractivity contribution in [1.82, 2.24) is 10.3 Å². The molecule has 1 fully saturated rings.